The van der Waals surface area contributed by atoms with Gasteiger partial charge in [-0.2, -0.15) is 9.57 Å². The topological polar surface area (TPSA) is 90.3 Å². The molecule has 0 atom stereocenters. The first-order valence-corrected chi connectivity index (χ1v) is 8.09. The van der Waals surface area contributed by atoms with Crippen LogP contribution < -0.4 is 5.32 Å². The third kappa shape index (κ3) is 4.03. The second kappa shape index (κ2) is 6.24. The van der Waals surface area contributed by atoms with Crippen molar-refractivity contribution in [3.8, 4) is 6.07 Å². The lowest BCUT2D eigenvalue weighted by Gasteiger charge is -2.17. The van der Waals surface area contributed by atoms with Gasteiger partial charge in [-0.3, -0.25) is 4.79 Å². The van der Waals surface area contributed by atoms with Crippen LogP contribution >= 0.6 is 0 Å². The van der Waals surface area contributed by atoms with Crippen molar-refractivity contribution in [3.63, 3.8) is 0 Å². The molecule has 7 heteroatoms. The maximum Gasteiger partial charge on any atom is 0.243 e. The van der Waals surface area contributed by atoms with E-state index in [1.165, 1.54) is 19.2 Å². The van der Waals surface area contributed by atoms with Crippen LogP contribution in [0.2, 0.25) is 0 Å². The van der Waals surface area contributed by atoms with Crippen LogP contribution in [0.4, 0.5) is 0 Å². The van der Waals surface area contributed by atoms with E-state index in [0.717, 1.165) is 22.7 Å². The number of rotatable bonds is 6. The summed E-state index contributed by atoms with van der Waals surface area (Å²) in [5.41, 5.74) is 0.755. The van der Waals surface area contributed by atoms with Crippen molar-refractivity contribution in [3.05, 3.63) is 29.8 Å². The smallest absolute Gasteiger partial charge is 0.243 e. The average molecular weight is 307 g/mol. The molecule has 0 saturated heterocycles. The summed E-state index contributed by atoms with van der Waals surface area (Å²) in [6.07, 6.45) is 2.16. The van der Waals surface area contributed by atoms with Crippen LogP contribution in [0, 0.1) is 11.3 Å². The Hall–Kier alpha value is -1.91. The lowest BCUT2D eigenvalue weighted by Crippen LogP contribution is -2.39. The largest absolute Gasteiger partial charge is 0.352 e. The molecule has 1 aromatic carbocycles. The summed E-state index contributed by atoms with van der Waals surface area (Å²) in [5, 5.41) is 11.3. The molecule has 1 aliphatic carbocycles. The highest BCUT2D eigenvalue weighted by Gasteiger charge is 2.27. The fraction of sp³-hybridized carbons (Fsp3) is 0.429. The molecule has 0 radical (unpaired) electrons. The third-order valence-corrected chi connectivity index (χ3v) is 5.04. The van der Waals surface area contributed by atoms with Crippen LogP contribution in [0.3, 0.4) is 0 Å². The number of nitrogens with zero attached hydrogens (tertiary/aromatic N) is 2. The molecule has 1 N–H and O–H groups in total. The first kappa shape index (κ1) is 15.5. The molecular weight excluding hydrogens is 290 g/mol. The summed E-state index contributed by atoms with van der Waals surface area (Å²) in [5.74, 6) is -0.287. The van der Waals surface area contributed by atoms with Gasteiger partial charge in [0.25, 0.3) is 0 Å². The fourth-order valence-corrected chi connectivity index (χ4v) is 2.97. The van der Waals surface area contributed by atoms with Gasteiger partial charge < -0.3 is 5.32 Å². The Balaban J connectivity index is 2.05. The summed E-state index contributed by atoms with van der Waals surface area (Å²) < 4.78 is 25.7. The standard InChI is InChI=1S/C14H17N3O3S/c1-17(10-14(18)16-12-4-5-12)21(19,20)13-6-2-11(3-7-13)8-9-15/h2-3,6-7,12H,4-5,8,10H2,1H3,(H,16,18). The van der Waals surface area contributed by atoms with Crippen LogP contribution in [-0.4, -0.2) is 38.3 Å². The molecule has 112 valence electrons. The van der Waals surface area contributed by atoms with E-state index >= 15 is 0 Å². The SMILES string of the molecule is CN(CC(=O)NC1CC1)S(=O)(=O)c1ccc(CC#N)cc1. The molecule has 0 unspecified atom stereocenters. The maximum absolute atomic E-state index is 12.3. The van der Waals surface area contributed by atoms with E-state index in [1.54, 1.807) is 12.1 Å². The van der Waals surface area contributed by atoms with E-state index in [2.05, 4.69) is 5.32 Å². The molecule has 21 heavy (non-hydrogen) atoms. The molecule has 1 saturated carbocycles. The minimum Gasteiger partial charge on any atom is -0.352 e. The molecule has 0 aliphatic heterocycles. The molecular formula is C14H17N3O3S. The highest BCUT2D eigenvalue weighted by Crippen LogP contribution is 2.19. The van der Waals surface area contributed by atoms with Gasteiger partial charge in [-0.25, -0.2) is 8.42 Å². The van der Waals surface area contributed by atoms with E-state index < -0.39 is 10.0 Å². The van der Waals surface area contributed by atoms with Gasteiger partial charge in [0.2, 0.25) is 15.9 Å². The molecule has 1 aliphatic rings. The van der Waals surface area contributed by atoms with Gasteiger partial charge in [0.05, 0.1) is 23.9 Å². The third-order valence-electron chi connectivity index (χ3n) is 3.22. The van der Waals surface area contributed by atoms with Crippen LogP contribution in [-0.2, 0) is 21.2 Å². The van der Waals surface area contributed by atoms with Crippen LogP contribution in [0.15, 0.2) is 29.2 Å². The Morgan fingerprint density at radius 3 is 2.52 bits per heavy atom. The van der Waals surface area contributed by atoms with E-state index in [-0.39, 0.29) is 29.8 Å². The number of hydrogen-bond acceptors (Lipinski definition) is 4. The second-order valence-corrected chi connectivity index (χ2v) is 7.13. The lowest BCUT2D eigenvalue weighted by molar-refractivity contribution is -0.121. The van der Waals surface area contributed by atoms with Crippen LogP contribution in [0.5, 0.6) is 0 Å². The average Bonchev–Trinajstić information content (AvgIpc) is 3.23. The second-order valence-electron chi connectivity index (χ2n) is 5.08. The summed E-state index contributed by atoms with van der Waals surface area (Å²) >= 11 is 0. The van der Waals surface area contributed by atoms with Crippen molar-refractivity contribution in [1.82, 2.24) is 9.62 Å². The van der Waals surface area contributed by atoms with Crippen molar-refractivity contribution < 1.29 is 13.2 Å². The lowest BCUT2D eigenvalue weighted by atomic mass is 10.2. The number of nitriles is 1. The highest BCUT2D eigenvalue weighted by molar-refractivity contribution is 7.89. The molecule has 6 nitrogen and oxygen atoms in total. The van der Waals surface area contributed by atoms with Gasteiger partial charge in [-0.1, -0.05) is 12.1 Å². The normalized spacial score (nSPS) is 14.7. The minimum absolute atomic E-state index is 0.117. The number of benzene rings is 1. The van der Waals surface area contributed by atoms with Crippen LogP contribution in [0.25, 0.3) is 0 Å². The van der Waals surface area contributed by atoms with Crippen molar-refractivity contribution in [2.45, 2.75) is 30.2 Å². The number of hydrogen-bond donors (Lipinski definition) is 1. The Bertz CT molecular complexity index is 658. The van der Waals surface area contributed by atoms with Gasteiger partial charge in [-0.15, -0.1) is 0 Å². The predicted molar refractivity (Wildman–Crippen MR) is 76.7 cm³/mol. The van der Waals surface area contributed by atoms with Crippen molar-refractivity contribution in [2.24, 2.45) is 0 Å². The molecule has 1 amide bonds. The maximum atomic E-state index is 12.3. The van der Waals surface area contributed by atoms with E-state index in [0.29, 0.717) is 0 Å². The summed E-state index contributed by atoms with van der Waals surface area (Å²) in [6, 6.07) is 8.33. The zero-order valence-corrected chi connectivity index (χ0v) is 12.6. The Morgan fingerprint density at radius 2 is 2.00 bits per heavy atom. The van der Waals surface area contributed by atoms with Crippen molar-refractivity contribution >= 4 is 15.9 Å². The van der Waals surface area contributed by atoms with E-state index in [4.69, 9.17) is 5.26 Å². The first-order valence-electron chi connectivity index (χ1n) is 6.65. The number of nitrogens with one attached hydrogen (secondary N) is 1. The first-order chi connectivity index (χ1) is 9.93. The van der Waals surface area contributed by atoms with Crippen LogP contribution in [0.1, 0.15) is 18.4 Å². The zero-order chi connectivity index (χ0) is 15.5. The fourth-order valence-electron chi connectivity index (χ4n) is 1.84. The van der Waals surface area contributed by atoms with Gasteiger partial charge >= 0.3 is 0 Å². The molecule has 2 rings (SSSR count). The number of carbonyl (C=O) groups excluding carboxylic acids is 1. The van der Waals surface area contributed by atoms with E-state index in [1.807, 2.05) is 6.07 Å². The van der Waals surface area contributed by atoms with Gasteiger partial charge in [0, 0.05) is 13.1 Å². The van der Waals surface area contributed by atoms with E-state index in [9.17, 15) is 13.2 Å². The number of likely N-dealkylation sites (N-methyl/N-ethyl adjacent to an activating group) is 1. The van der Waals surface area contributed by atoms with Gasteiger partial charge in [0.1, 0.15) is 0 Å². The zero-order valence-electron chi connectivity index (χ0n) is 11.7. The monoisotopic (exact) mass is 307 g/mol. The summed E-state index contributed by atoms with van der Waals surface area (Å²) in [7, 11) is -2.31. The molecule has 0 spiro atoms. The molecule has 0 bridgehead atoms. The quantitative estimate of drug-likeness (QED) is 0.835. The summed E-state index contributed by atoms with van der Waals surface area (Å²) in [6.45, 7) is -0.196. The Kier molecular flexibility index (Phi) is 4.60. The van der Waals surface area contributed by atoms with Crippen molar-refractivity contribution in [1.29, 1.82) is 5.26 Å². The summed E-state index contributed by atoms with van der Waals surface area (Å²) in [4.78, 5) is 11.8. The molecule has 0 heterocycles. The predicted octanol–water partition coefficient (Wildman–Crippen LogP) is 0.652. The number of amides is 1. The Morgan fingerprint density at radius 1 is 1.38 bits per heavy atom. The number of carbonyl (C=O) groups is 1. The van der Waals surface area contributed by atoms with Gasteiger partial charge in [0.15, 0.2) is 0 Å². The van der Waals surface area contributed by atoms with Gasteiger partial charge in [-0.05, 0) is 30.5 Å². The Labute approximate surface area is 124 Å². The molecule has 0 aromatic heterocycles. The molecule has 1 aromatic rings. The van der Waals surface area contributed by atoms with Crippen molar-refractivity contribution in [2.75, 3.05) is 13.6 Å². The highest BCUT2D eigenvalue weighted by atomic mass is 32.2. The minimum atomic E-state index is -3.69. The number of sulfonamides is 1. The molecule has 1 fully saturated rings.